The Balaban J connectivity index is 1.71. The zero-order valence-corrected chi connectivity index (χ0v) is 16.1. The summed E-state index contributed by atoms with van der Waals surface area (Å²) in [6.07, 6.45) is 2.39. The molecule has 0 bridgehead atoms. The van der Waals surface area contributed by atoms with Gasteiger partial charge >= 0.3 is 0 Å². The molecule has 1 fully saturated rings. The van der Waals surface area contributed by atoms with E-state index in [1.807, 2.05) is 37.3 Å². The molecule has 144 valence electrons. The minimum Gasteiger partial charge on any atom is -0.496 e. The average Bonchev–Trinajstić information content (AvgIpc) is 3.24. The lowest BCUT2D eigenvalue weighted by Gasteiger charge is -2.29. The van der Waals surface area contributed by atoms with E-state index in [4.69, 9.17) is 9.47 Å². The number of hydrogen-bond acceptors (Lipinski definition) is 4. The van der Waals surface area contributed by atoms with E-state index >= 15 is 0 Å². The van der Waals surface area contributed by atoms with E-state index in [2.05, 4.69) is 16.3 Å². The number of hydrogen-bond donors (Lipinski definition) is 1. The second-order valence-electron chi connectivity index (χ2n) is 6.67. The third kappa shape index (κ3) is 4.80. The van der Waals surface area contributed by atoms with Crippen LogP contribution in [0, 0.1) is 0 Å². The smallest absolute Gasteiger partial charge is 0.251 e. The molecule has 2 aromatic rings. The third-order valence-corrected chi connectivity index (χ3v) is 4.96. The Labute approximate surface area is 161 Å². The first-order valence-electron chi connectivity index (χ1n) is 9.61. The quantitative estimate of drug-likeness (QED) is 0.773. The van der Waals surface area contributed by atoms with Crippen molar-refractivity contribution in [1.29, 1.82) is 0 Å². The van der Waals surface area contributed by atoms with Gasteiger partial charge in [-0.2, -0.15) is 0 Å². The topological polar surface area (TPSA) is 50.8 Å². The summed E-state index contributed by atoms with van der Waals surface area (Å²) in [6, 6.07) is 15.4. The third-order valence-electron chi connectivity index (χ3n) is 4.96. The Hall–Kier alpha value is -2.53. The fourth-order valence-electron chi connectivity index (χ4n) is 3.59. The molecule has 0 radical (unpaired) electrons. The molecule has 0 spiro atoms. The van der Waals surface area contributed by atoms with Gasteiger partial charge in [-0.25, -0.2) is 0 Å². The van der Waals surface area contributed by atoms with Crippen molar-refractivity contribution in [1.82, 2.24) is 10.2 Å². The second-order valence-corrected chi connectivity index (χ2v) is 6.67. The number of likely N-dealkylation sites (tertiary alicyclic amines) is 1. The van der Waals surface area contributed by atoms with Gasteiger partial charge in [-0.1, -0.05) is 18.2 Å². The maximum absolute atomic E-state index is 12.6. The number of para-hydroxylation sites is 1. The molecule has 5 nitrogen and oxygen atoms in total. The summed E-state index contributed by atoms with van der Waals surface area (Å²) in [7, 11) is 1.69. The van der Waals surface area contributed by atoms with Crippen LogP contribution < -0.4 is 14.8 Å². The van der Waals surface area contributed by atoms with Crippen LogP contribution in [0.15, 0.2) is 48.5 Å². The average molecular weight is 368 g/mol. The van der Waals surface area contributed by atoms with Gasteiger partial charge in [0.15, 0.2) is 0 Å². The summed E-state index contributed by atoms with van der Waals surface area (Å²) < 4.78 is 11.0. The molecule has 1 amide bonds. The van der Waals surface area contributed by atoms with Crippen LogP contribution >= 0.6 is 0 Å². The first kappa shape index (κ1) is 19.2. The number of rotatable bonds is 8. The Morgan fingerprint density at radius 3 is 2.48 bits per heavy atom. The molecule has 0 aromatic heterocycles. The highest BCUT2D eigenvalue weighted by atomic mass is 16.5. The molecule has 1 atom stereocenters. The first-order valence-corrected chi connectivity index (χ1v) is 9.61. The molecule has 2 aromatic carbocycles. The fraction of sp³-hybridized carbons (Fsp3) is 0.409. The van der Waals surface area contributed by atoms with Gasteiger partial charge in [0.25, 0.3) is 5.91 Å². The molecule has 1 heterocycles. The molecule has 3 rings (SSSR count). The van der Waals surface area contributed by atoms with Crippen molar-refractivity contribution in [2.75, 3.05) is 33.4 Å². The van der Waals surface area contributed by atoms with Crippen LogP contribution in [-0.4, -0.2) is 44.2 Å². The standard InChI is InChI=1S/C22H28N2O3/c1-3-27-18-12-10-17(11-13-18)22(25)23-16-20(24-14-6-7-15-24)19-8-4-5-9-21(19)26-2/h4-5,8-13,20H,3,6-7,14-16H2,1-2H3,(H,23,25). The highest BCUT2D eigenvalue weighted by Crippen LogP contribution is 2.31. The summed E-state index contributed by atoms with van der Waals surface area (Å²) in [4.78, 5) is 15.0. The largest absolute Gasteiger partial charge is 0.496 e. The van der Waals surface area contributed by atoms with Gasteiger partial charge in [0.2, 0.25) is 0 Å². The van der Waals surface area contributed by atoms with Crippen LogP contribution in [-0.2, 0) is 0 Å². The maximum Gasteiger partial charge on any atom is 0.251 e. The number of ether oxygens (including phenoxy) is 2. The molecule has 1 aliphatic rings. The summed E-state index contributed by atoms with van der Waals surface area (Å²) in [5, 5.41) is 3.10. The summed E-state index contributed by atoms with van der Waals surface area (Å²) in [5.41, 5.74) is 1.76. The lowest BCUT2D eigenvalue weighted by molar-refractivity contribution is 0.0937. The van der Waals surface area contributed by atoms with Crippen molar-refractivity contribution in [3.05, 3.63) is 59.7 Å². The second kappa shape index (κ2) is 9.42. The predicted molar refractivity (Wildman–Crippen MR) is 106 cm³/mol. The van der Waals surface area contributed by atoms with E-state index in [-0.39, 0.29) is 11.9 Å². The highest BCUT2D eigenvalue weighted by molar-refractivity contribution is 5.94. The van der Waals surface area contributed by atoms with E-state index in [9.17, 15) is 4.79 Å². The fourth-order valence-corrected chi connectivity index (χ4v) is 3.59. The van der Waals surface area contributed by atoms with Crippen LogP contribution in [0.3, 0.4) is 0 Å². The van der Waals surface area contributed by atoms with Crippen LogP contribution in [0.5, 0.6) is 11.5 Å². The molecule has 1 saturated heterocycles. The highest BCUT2D eigenvalue weighted by Gasteiger charge is 2.26. The molecule has 0 aliphatic carbocycles. The number of carbonyl (C=O) groups is 1. The summed E-state index contributed by atoms with van der Waals surface area (Å²) in [6.45, 7) is 5.19. The first-order chi connectivity index (χ1) is 13.2. The molecule has 0 saturated carbocycles. The van der Waals surface area contributed by atoms with Crippen LogP contribution in [0.4, 0.5) is 0 Å². The molecule has 1 unspecified atom stereocenters. The normalized spacial score (nSPS) is 15.3. The van der Waals surface area contributed by atoms with Crippen molar-refractivity contribution < 1.29 is 14.3 Å². The number of nitrogens with one attached hydrogen (secondary N) is 1. The van der Waals surface area contributed by atoms with Crippen molar-refractivity contribution in [2.24, 2.45) is 0 Å². The number of carbonyl (C=O) groups excluding carboxylic acids is 1. The molecule has 27 heavy (non-hydrogen) atoms. The molecular weight excluding hydrogens is 340 g/mol. The van der Waals surface area contributed by atoms with Gasteiger partial charge in [-0.15, -0.1) is 0 Å². The van der Waals surface area contributed by atoms with E-state index in [1.54, 1.807) is 19.2 Å². The van der Waals surface area contributed by atoms with Crippen LogP contribution in [0.1, 0.15) is 41.7 Å². The lowest BCUT2D eigenvalue weighted by Crippen LogP contribution is -2.37. The van der Waals surface area contributed by atoms with Crippen LogP contribution in [0.2, 0.25) is 0 Å². The van der Waals surface area contributed by atoms with Crippen LogP contribution in [0.25, 0.3) is 0 Å². The molecule has 1 N–H and O–H groups in total. The van der Waals surface area contributed by atoms with Gasteiger partial charge < -0.3 is 14.8 Å². The number of amides is 1. The molecule has 1 aliphatic heterocycles. The minimum absolute atomic E-state index is 0.0721. The summed E-state index contributed by atoms with van der Waals surface area (Å²) in [5.74, 6) is 1.57. The number of methoxy groups -OCH3 is 1. The van der Waals surface area contributed by atoms with Gasteiger partial charge in [-0.05, 0) is 63.2 Å². The van der Waals surface area contributed by atoms with Crippen molar-refractivity contribution in [2.45, 2.75) is 25.8 Å². The lowest BCUT2D eigenvalue weighted by atomic mass is 10.0. The van der Waals surface area contributed by atoms with Gasteiger partial charge in [0.1, 0.15) is 11.5 Å². The Morgan fingerprint density at radius 2 is 1.81 bits per heavy atom. The summed E-state index contributed by atoms with van der Waals surface area (Å²) >= 11 is 0. The van der Waals surface area contributed by atoms with Crippen molar-refractivity contribution in [3.8, 4) is 11.5 Å². The van der Waals surface area contributed by atoms with E-state index in [0.717, 1.165) is 30.2 Å². The van der Waals surface area contributed by atoms with Crippen molar-refractivity contribution >= 4 is 5.91 Å². The maximum atomic E-state index is 12.6. The van der Waals surface area contributed by atoms with E-state index in [1.165, 1.54) is 12.8 Å². The Morgan fingerprint density at radius 1 is 1.11 bits per heavy atom. The Kier molecular flexibility index (Phi) is 6.71. The molecule has 5 heteroatoms. The monoisotopic (exact) mass is 368 g/mol. The minimum atomic E-state index is -0.0721. The zero-order chi connectivity index (χ0) is 19.1. The zero-order valence-electron chi connectivity index (χ0n) is 16.1. The van der Waals surface area contributed by atoms with Crippen molar-refractivity contribution in [3.63, 3.8) is 0 Å². The Bertz CT molecular complexity index is 739. The number of benzene rings is 2. The molecular formula is C22H28N2O3. The SMILES string of the molecule is CCOc1ccc(C(=O)NCC(c2ccccc2OC)N2CCCC2)cc1. The van der Waals surface area contributed by atoms with Gasteiger partial charge in [-0.3, -0.25) is 9.69 Å². The number of nitrogens with zero attached hydrogens (tertiary/aromatic N) is 1. The van der Waals surface area contributed by atoms with Gasteiger partial charge in [0, 0.05) is 17.7 Å². The van der Waals surface area contributed by atoms with E-state index < -0.39 is 0 Å². The van der Waals surface area contributed by atoms with E-state index in [0.29, 0.717) is 18.7 Å². The predicted octanol–water partition coefficient (Wildman–Crippen LogP) is 3.66. The van der Waals surface area contributed by atoms with Gasteiger partial charge in [0.05, 0.1) is 19.8 Å².